The Morgan fingerprint density at radius 1 is 1.35 bits per heavy atom. The second kappa shape index (κ2) is 7.93. The molecule has 0 unspecified atom stereocenters. The molecule has 1 heterocycles. The molecule has 2 amide bonds. The van der Waals surface area contributed by atoms with Crippen LogP contribution in [0.4, 0.5) is 11.4 Å². The summed E-state index contributed by atoms with van der Waals surface area (Å²) < 4.78 is 11.6. The van der Waals surface area contributed by atoms with Gasteiger partial charge in [-0.3, -0.25) is 14.5 Å². The normalized spacial score (nSPS) is 12.6. The zero-order chi connectivity index (χ0) is 18.5. The quantitative estimate of drug-likeness (QED) is 0.763. The molecule has 0 radical (unpaired) electrons. The van der Waals surface area contributed by atoms with Crippen LogP contribution in [0.1, 0.15) is 0 Å². The summed E-state index contributed by atoms with van der Waals surface area (Å²) in [6.45, 7) is -0.0789. The number of nitrogens with one attached hydrogen (secondary N) is 1. The van der Waals surface area contributed by atoms with Gasteiger partial charge in [0.2, 0.25) is 5.91 Å². The van der Waals surface area contributed by atoms with Gasteiger partial charge >= 0.3 is 0 Å². The van der Waals surface area contributed by atoms with Crippen LogP contribution in [0.3, 0.4) is 0 Å². The molecule has 26 heavy (non-hydrogen) atoms. The summed E-state index contributed by atoms with van der Waals surface area (Å²) in [7, 11) is 0. The van der Waals surface area contributed by atoms with Crippen molar-refractivity contribution in [1.82, 2.24) is 0 Å². The van der Waals surface area contributed by atoms with E-state index in [9.17, 15) is 9.59 Å². The molecule has 132 valence electrons. The Bertz CT molecular complexity index is 891. The number of nitrogens with zero attached hydrogens (tertiary/aromatic N) is 1. The van der Waals surface area contributed by atoms with Crippen molar-refractivity contribution in [2.45, 2.75) is 0 Å². The fourth-order valence-corrected chi connectivity index (χ4v) is 2.82. The van der Waals surface area contributed by atoms with E-state index in [0.29, 0.717) is 22.9 Å². The largest absolute Gasteiger partial charge is 0.482 e. The second-order valence-corrected chi connectivity index (χ2v) is 6.37. The van der Waals surface area contributed by atoms with Crippen LogP contribution < -0.4 is 19.7 Å². The fraction of sp³-hybridized carbons (Fsp3) is 0.158. The summed E-state index contributed by atoms with van der Waals surface area (Å²) in [5, 5.41) is 2.75. The lowest BCUT2D eigenvalue weighted by Crippen LogP contribution is -2.43. The topological polar surface area (TPSA) is 67.9 Å². The van der Waals surface area contributed by atoms with Gasteiger partial charge in [-0.05, 0) is 30.3 Å². The van der Waals surface area contributed by atoms with Gasteiger partial charge < -0.3 is 14.8 Å². The molecule has 1 aliphatic rings. The maximum atomic E-state index is 12.4. The first-order valence-electron chi connectivity index (χ1n) is 7.76. The molecule has 0 atom stereocenters. The molecule has 0 fully saturated rings. The third-order valence-electron chi connectivity index (χ3n) is 3.61. The smallest absolute Gasteiger partial charge is 0.265 e. The molecule has 1 aliphatic heterocycles. The minimum atomic E-state index is -0.330. The predicted octanol–water partition coefficient (Wildman–Crippen LogP) is 2.83. The number of benzene rings is 2. The minimum Gasteiger partial charge on any atom is -0.482 e. The molecule has 0 aromatic heterocycles. The average molecular weight is 415 g/mol. The van der Waals surface area contributed by atoms with E-state index in [1.807, 2.05) is 0 Å². The van der Waals surface area contributed by atoms with Crippen molar-refractivity contribution in [3.05, 3.63) is 46.9 Å². The summed E-state index contributed by atoms with van der Waals surface area (Å²) in [5.41, 5.74) is 1.12. The minimum absolute atomic E-state index is 0.105. The predicted molar refractivity (Wildman–Crippen MR) is 101 cm³/mol. The molecule has 0 spiro atoms. The van der Waals surface area contributed by atoms with Crippen molar-refractivity contribution >= 4 is 39.1 Å². The summed E-state index contributed by atoms with van der Waals surface area (Å²) in [4.78, 5) is 26.0. The van der Waals surface area contributed by atoms with E-state index < -0.39 is 0 Å². The molecule has 6 nitrogen and oxygen atoms in total. The Morgan fingerprint density at radius 2 is 2.19 bits per heavy atom. The molecule has 0 saturated carbocycles. The number of halogens is 1. The lowest BCUT2D eigenvalue weighted by Gasteiger charge is -2.29. The molecule has 2 aromatic carbocycles. The van der Waals surface area contributed by atoms with E-state index in [-0.39, 0.29) is 31.6 Å². The highest BCUT2D eigenvalue weighted by molar-refractivity contribution is 9.10. The molecule has 3 rings (SSSR count). The monoisotopic (exact) mass is 414 g/mol. The van der Waals surface area contributed by atoms with Crippen LogP contribution in [0.15, 0.2) is 46.9 Å². The van der Waals surface area contributed by atoms with Crippen LogP contribution >= 0.6 is 15.9 Å². The first-order valence-corrected chi connectivity index (χ1v) is 8.55. The van der Waals surface area contributed by atoms with Gasteiger partial charge in [0.05, 0.1) is 5.69 Å². The fourth-order valence-electron chi connectivity index (χ4n) is 2.48. The SMILES string of the molecule is C#CCOc1cccc(NC(=O)CN2C(=O)COc3cc(Br)ccc32)c1. The van der Waals surface area contributed by atoms with Crippen molar-refractivity contribution in [3.8, 4) is 23.8 Å². The number of carbonyl (C=O) groups excluding carboxylic acids is 2. The maximum Gasteiger partial charge on any atom is 0.265 e. The van der Waals surface area contributed by atoms with Crippen LogP contribution in [0.2, 0.25) is 0 Å². The average Bonchev–Trinajstić information content (AvgIpc) is 2.62. The summed E-state index contributed by atoms with van der Waals surface area (Å²) in [6.07, 6.45) is 5.17. The Morgan fingerprint density at radius 3 is 3.00 bits per heavy atom. The van der Waals surface area contributed by atoms with Crippen LogP contribution in [-0.2, 0) is 9.59 Å². The Kier molecular flexibility index (Phi) is 5.44. The van der Waals surface area contributed by atoms with E-state index in [0.717, 1.165) is 4.47 Å². The zero-order valence-corrected chi connectivity index (χ0v) is 15.3. The molecule has 2 aromatic rings. The molecular formula is C19H15BrN2O4. The number of hydrogen-bond donors (Lipinski definition) is 1. The van der Waals surface area contributed by atoms with E-state index in [1.54, 1.807) is 42.5 Å². The number of ether oxygens (including phenoxy) is 2. The molecule has 0 bridgehead atoms. The van der Waals surface area contributed by atoms with Crippen LogP contribution in [0.5, 0.6) is 11.5 Å². The lowest BCUT2D eigenvalue weighted by atomic mass is 10.2. The number of rotatable bonds is 5. The highest BCUT2D eigenvalue weighted by atomic mass is 79.9. The Labute approximate surface area is 159 Å². The van der Waals surface area contributed by atoms with Crippen LogP contribution in [-0.4, -0.2) is 31.6 Å². The first-order chi connectivity index (χ1) is 12.6. The third kappa shape index (κ3) is 4.16. The zero-order valence-electron chi connectivity index (χ0n) is 13.7. The molecular weight excluding hydrogens is 400 g/mol. The Hall–Kier alpha value is -2.98. The van der Waals surface area contributed by atoms with Gasteiger partial charge in [0.25, 0.3) is 5.91 Å². The maximum absolute atomic E-state index is 12.4. The summed E-state index contributed by atoms with van der Waals surface area (Å²) in [6, 6.07) is 12.2. The van der Waals surface area contributed by atoms with Crippen molar-refractivity contribution in [2.24, 2.45) is 0 Å². The molecule has 7 heteroatoms. The lowest BCUT2D eigenvalue weighted by molar-refractivity contribution is -0.123. The number of amides is 2. The van der Waals surface area contributed by atoms with Gasteiger partial charge in [-0.2, -0.15) is 0 Å². The van der Waals surface area contributed by atoms with Gasteiger partial charge in [0, 0.05) is 16.2 Å². The van der Waals surface area contributed by atoms with E-state index >= 15 is 0 Å². The second-order valence-electron chi connectivity index (χ2n) is 5.45. The van der Waals surface area contributed by atoms with E-state index in [4.69, 9.17) is 15.9 Å². The van der Waals surface area contributed by atoms with Crippen LogP contribution in [0.25, 0.3) is 0 Å². The number of fused-ring (bicyclic) bond motifs is 1. The van der Waals surface area contributed by atoms with Crippen molar-refractivity contribution in [2.75, 3.05) is 30.0 Å². The van der Waals surface area contributed by atoms with E-state index in [1.165, 1.54) is 4.90 Å². The van der Waals surface area contributed by atoms with Crippen molar-refractivity contribution in [1.29, 1.82) is 0 Å². The first kappa shape index (κ1) is 17.8. The number of carbonyl (C=O) groups is 2. The van der Waals surface area contributed by atoms with Gasteiger partial charge in [0.1, 0.15) is 24.7 Å². The molecule has 1 N–H and O–H groups in total. The van der Waals surface area contributed by atoms with E-state index in [2.05, 4.69) is 27.2 Å². The summed E-state index contributed by atoms with van der Waals surface area (Å²) in [5.74, 6) is 2.88. The highest BCUT2D eigenvalue weighted by Gasteiger charge is 2.27. The van der Waals surface area contributed by atoms with Crippen molar-refractivity contribution in [3.63, 3.8) is 0 Å². The Balaban J connectivity index is 1.71. The number of anilines is 2. The van der Waals surface area contributed by atoms with Gasteiger partial charge in [-0.1, -0.05) is 27.9 Å². The van der Waals surface area contributed by atoms with Crippen molar-refractivity contribution < 1.29 is 19.1 Å². The standard InChI is InChI=1S/C19H15BrN2O4/c1-2-8-25-15-5-3-4-14(10-15)21-18(23)11-22-16-7-6-13(20)9-17(16)26-12-19(22)24/h1,3-7,9-10H,8,11-12H2,(H,21,23). The number of hydrogen-bond acceptors (Lipinski definition) is 4. The third-order valence-corrected chi connectivity index (χ3v) is 4.10. The number of terminal acetylenes is 1. The van der Waals surface area contributed by atoms with Gasteiger partial charge in [-0.25, -0.2) is 0 Å². The molecule has 0 saturated heterocycles. The van der Waals surface area contributed by atoms with Gasteiger partial charge in [0.15, 0.2) is 6.61 Å². The highest BCUT2D eigenvalue weighted by Crippen LogP contribution is 2.34. The molecule has 0 aliphatic carbocycles. The van der Waals surface area contributed by atoms with Crippen LogP contribution in [0, 0.1) is 12.3 Å². The summed E-state index contributed by atoms with van der Waals surface area (Å²) >= 11 is 3.36. The van der Waals surface area contributed by atoms with Gasteiger partial charge in [-0.15, -0.1) is 6.42 Å².